The van der Waals surface area contributed by atoms with Crippen molar-refractivity contribution in [1.29, 1.82) is 0 Å². The third-order valence-electron chi connectivity index (χ3n) is 3.41. The number of benzene rings is 1. The molecule has 2 rings (SSSR count). The van der Waals surface area contributed by atoms with E-state index in [4.69, 9.17) is 11.6 Å². The summed E-state index contributed by atoms with van der Waals surface area (Å²) in [6.07, 6.45) is 3.62. The average Bonchev–Trinajstić information content (AvgIpc) is 2.69. The maximum Gasteiger partial charge on any atom is 0.0406 e. The Morgan fingerprint density at radius 1 is 1.29 bits per heavy atom. The van der Waals surface area contributed by atoms with E-state index in [1.807, 2.05) is 12.1 Å². The predicted molar refractivity (Wildman–Crippen MR) is 73.7 cm³/mol. The molecule has 1 heterocycles. The summed E-state index contributed by atoms with van der Waals surface area (Å²) in [5.41, 5.74) is 1.61. The molecule has 1 N–H and O–H groups in total. The van der Waals surface area contributed by atoms with E-state index in [2.05, 4.69) is 36.4 Å². The second kappa shape index (κ2) is 5.38. The topological polar surface area (TPSA) is 15.3 Å². The van der Waals surface area contributed by atoms with E-state index in [9.17, 15) is 0 Å². The van der Waals surface area contributed by atoms with Crippen molar-refractivity contribution in [1.82, 2.24) is 10.2 Å². The minimum atomic E-state index is 0.247. The fourth-order valence-electron chi connectivity index (χ4n) is 2.81. The third kappa shape index (κ3) is 3.44. The van der Waals surface area contributed by atoms with Gasteiger partial charge in [0.1, 0.15) is 0 Å². The van der Waals surface area contributed by atoms with Crippen molar-refractivity contribution < 1.29 is 0 Å². The normalized spacial score (nSPS) is 24.5. The first-order valence-electron chi connectivity index (χ1n) is 6.24. The summed E-state index contributed by atoms with van der Waals surface area (Å²) < 4.78 is 0. The number of hydrogen-bond acceptors (Lipinski definition) is 2. The SMILES string of the molecule is CN(C)CC1(Cc2ccc(Cl)cc2)CCCN1. The van der Waals surface area contributed by atoms with Gasteiger partial charge in [0.15, 0.2) is 0 Å². The molecule has 1 atom stereocenters. The number of likely N-dealkylation sites (N-methyl/N-ethyl adjacent to an activating group) is 1. The first-order chi connectivity index (χ1) is 8.10. The smallest absolute Gasteiger partial charge is 0.0406 e. The number of nitrogens with zero attached hydrogens (tertiary/aromatic N) is 1. The van der Waals surface area contributed by atoms with Crippen LogP contribution < -0.4 is 5.32 Å². The molecule has 2 nitrogen and oxygen atoms in total. The number of rotatable bonds is 4. The van der Waals surface area contributed by atoms with Gasteiger partial charge in [-0.3, -0.25) is 0 Å². The van der Waals surface area contributed by atoms with Crippen molar-refractivity contribution in [2.45, 2.75) is 24.8 Å². The minimum Gasteiger partial charge on any atom is -0.310 e. The molecule has 94 valence electrons. The van der Waals surface area contributed by atoms with Gasteiger partial charge in [0.25, 0.3) is 0 Å². The molecule has 1 aliphatic heterocycles. The van der Waals surface area contributed by atoms with Crippen molar-refractivity contribution in [3.05, 3.63) is 34.9 Å². The Bertz CT molecular complexity index is 353. The van der Waals surface area contributed by atoms with Crippen LogP contribution >= 0.6 is 11.6 Å². The van der Waals surface area contributed by atoms with E-state index in [0.717, 1.165) is 24.5 Å². The summed E-state index contributed by atoms with van der Waals surface area (Å²) in [6.45, 7) is 2.23. The van der Waals surface area contributed by atoms with Crippen molar-refractivity contribution in [2.24, 2.45) is 0 Å². The molecule has 1 fully saturated rings. The summed E-state index contributed by atoms with van der Waals surface area (Å²) in [7, 11) is 4.28. The predicted octanol–water partition coefficient (Wildman–Crippen LogP) is 2.57. The van der Waals surface area contributed by atoms with E-state index < -0.39 is 0 Å². The van der Waals surface area contributed by atoms with Crippen molar-refractivity contribution in [2.75, 3.05) is 27.2 Å². The van der Waals surface area contributed by atoms with Gasteiger partial charge in [0.2, 0.25) is 0 Å². The van der Waals surface area contributed by atoms with Crippen LogP contribution in [0.2, 0.25) is 5.02 Å². The highest BCUT2D eigenvalue weighted by Crippen LogP contribution is 2.25. The van der Waals surface area contributed by atoms with Crippen LogP contribution in [0, 0.1) is 0 Å². The van der Waals surface area contributed by atoms with Crippen molar-refractivity contribution >= 4 is 11.6 Å². The highest BCUT2D eigenvalue weighted by Gasteiger charge is 2.33. The Balaban J connectivity index is 2.09. The summed E-state index contributed by atoms with van der Waals surface area (Å²) in [6, 6.07) is 8.24. The fraction of sp³-hybridized carbons (Fsp3) is 0.571. The molecule has 1 aromatic rings. The van der Waals surface area contributed by atoms with Gasteiger partial charge in [-0.05, 0) is 57.6 Å². The minimum absolute atomic E-state index is 0.247. The Labute approximate surface area is 109 Å². The molecular weight excluding hydrogens is 232 g/mol. The first-order valence-corrected chi connectivity index (χ1v) is 6.62. The fourth-order valence-corrected chi connectivity index (χ4v) is 2.93. The van der Waals surface area contributed by atoms with Gasteiger partial charge in [0.05, 0.1) is 0 Å². The maximum absolute atomic E-state index is 5.92. The summed E-state index contributed by atoms with van der Waals surface area (Å²) in [5.74, 6) is 0. The zero-order chi connectivity index (χ0) is 12.3. The van der Waals surface area contributed by atoms with E-state index in [1.165, 1.54) is 18.4 Å². The van der Waals surface area contributed by atoms with Crippen LogP contribution in [0.4, 0.5) is 0 Å². The molecule has 1 unspecified atom stereocenters. The van der Waals surface area contributed by atoms with Crippen molar-refractivity contribution in [3.8, 4) is 0 Å². The van der Waals surface area contributed by atoms with Gasteiger partial charge in [-0.2, -0.15) is 0 Å². The van der Waals surface area contributed by atoms with Crippen LogP contribution in [0.5, 0.6) is 0 Å². The zero-order valence-electron chi connectivity index (χ0n) is 10.7. The molecule has 17 heavy (non-hydrogen) atoms. The molecule has 1 saturated heterocycles. The molecule has 0 aromatic heterocycles. The van der Waals surface area contributed by atoms with Gasteiger partial charge < -0.3 is 10.2 Å². The van der Waals surface area contributed by atoms with Gasteiger partial charge >= 0.3 is 0 Å². The Kier molecular flexibility index (Phi) is 4.08. The molecule has 0 amide bonds. The lowest BCUT2D eigenvalue weighted by Crippen LogP contribution is -2.49. The Morgan fingerprint density at radius 3 is 2.53 bits per heavy atom. The maximum atomic E-state index is 5.92. The highest BCUT2D eigenvalue weighted by atomic mass is 35.5. The van der Waals surface area contributed by atoms with Gasteiger partial charge in [-0.25, -0.2) is 0 Å². The van der Waals surface area contributed by atoms with Crippen LogP contribution in [0.15, 0.2) is 24.3 Å². The molecule has 0 radical (unpaired) electrons. The molecule has 3 heteroatoms. The lowest BCUT2D eigenvalue weighted by Gasteiger charge is -2.32. The van der Waals surface area contributed by atoms with E-state index in [1.54, 1.807) is 0 Å². The highest BCUT2D eigenvalue weighted by molar-refractivity contribution is 6.30. The van der Waals surface area contributed by atoms with E-state index in [-0.39, 0.29) is 5.54 Å². The molecule has 0 aliphatic carbocycles. The van der Waals surface area contributed by atoms with Gasteiger partial charge in [-0.15, -0.1) is 0 Å². The lowest BCUT2D eigenvalue weighted by molar-refractivity contribution is 0.255. The van der Waals surface area contributed by atoms with Crippen LogP contribution in [0.3, 0.4) is 0 Å². The second-order valence-electron chi connectivity index (χ2n) is 5.35. The standard InChI is InChI=1S/C14H21ClN2/c1-17(2)11-14(8-3-9-16-14)10-12-4-6-13(15)7-5-12/h4-7,16H,3,8-11H2,1-2H3. The monoisotopic (exact) mass is 252 g/mol. The van der Waals surface area contributed by atoms with Crippen LogP contribution in [0.1, 0.15) is 18.4 Å². The molecule has 0 bridgehead atoms. The molecule has 1 aliphatic rings. The average molecular weight is 253 g/mol. The molecule has 1 aromatic carbocycles. The quantitative estimate of drug-likeness (QED) is 0.886. The van der Waals surface area contributed by atoms with Gasteiger partial charge in [-0.1, -0.05) is 23.7 Å². The van der Waals surface area contributed by atoms with Gasteiger partial charge in [0, 0.05) is 17.1 Å². The molecular formula is C14H21ClN2. The number of hydrogen-bond donors (Lipinski definition) is 1. The number of nitrogens with one attached hydrogen (secondary N) is 1. The molecule has 0 saturated carbocycles. The van der Waals surface area contributed by atoms with Crippen LogP contribution in [-0.2, 0) is 6.42 Å². The Hall–Kier alpha value is -0.570. The third-order valence-corrected chi connectivity index (χ3v) is 3.66. The Morgan fingerprint density at radius 2 is 2.00 bits per heavy atom. The van der Waals surface area contributed by atoms with Crippen molar-refractivity contribution in [3.63, 3.8) is 0 Å². The zero-order valence-corrected chi connectivity index (χ0v) is 11.4. The second-order valence-corrected chi connectivity index (χ2v) is 5.79. The van der Waals surface area contributed by atoms with E-state index in [0.29, 0.717) is 0 Å². The molecule has 0 spiro atoms. The summed E-state index contributed by atoms with van der Waals surface area (Å²) in [5, 5.41) is 4.50. The summed E-state index contributed by atoms with van der Waals surface area (Å²) in [4.78, 5) is 2.27. The first kappa shape index (κ1) is 12.9. The van der Waals surface area contributed by atoms with E-state index >= 15 is 0 Å². The lowest BCUT2D eigenvalue weighted by atomic mass is 9.89. The van der Waals surface area contributed by atoms with Crippen LogP contribution in [0.25, 0.3) is 0 Å². The number of halogens is 1. The van der Waals surface area contributed by atoms with Crippen LogP contribution in [-0.4, -0.2) is 37.6 Å². The summed E-state index contributed by atoms with van der Waals surface area (Å²) >= 11 is 5.92. The largest absolute Gasteiger partial charge is 0.310 e.